The van der Waals surface area contributed by atoms with Crippen molar-refractivity contribution in [3.63, 3.8) is 0 Å². The van der Waals surface area contributed by atoms with E-state index in [-0.39, 0.29) is 31.3 Å². The van der Waals surface area contributed by atoms with Crippen LogP contribution < -0.4 is 25.8 Å². The number of primary amides is 1. The summed E-state index contributed by atoms with van der Waals surface area (Å²) in [6.45, 7) is 2.63. The van der Waals surface area contributed by atoms with Crippen molar-refractivity contribution in [2.75, 3.05) is 33.0 Å². The van der Waals surface area contributed by atoms with Gasteiger partial charge in [-0.15, -0.1) is 0 Å². The smallest absolute Gasteiger partial charge is 0.315 e. The van der Waals surface area contributed by atoms with Crippen molar-refractivity contribution < 1.29 is 19.1 Å². The van der Waals surface area contributed by atoms with Crippen molar-refractivity contribution in [3.05, 3.63) is 23.8 Å². The molecule has 8 heteroatoms. The van der Waals surface area contributed by atoms with Gasteiger partial charge in [0.1, 0.15) is 0 Å². The van der Waals surface area contributed by atoms with E-state index in [1.165, 1.54) is 0 Å². The maximum absolute atomic E-state index is 12.0. The van der Waals surface area contributed by atoms with Gasteiger partial charge >= 0.3 is 6.03 Å². The molecule has 0 saturated carbocycles. The summed E-state index contributed by atoms with van der Waals surface area (Å²) in [6.07, 6.45) is 2.37. The number of benzene rings is 1. The van der Waals surface area contributed by atoms with Gasteiger partial charge in [0.25, 0.3) is 0 Å². The first-order chi connectivity index (χ1) is 12.1. The van der Waals surface area contributed by atoms with Gasteiger partial charge in [-0.3, -0.25) is 9.69 Å². The van der Waals surface area contributed by atoms with Crippen LogP contribution in [0.4, 0.5) is 4.79 Å². The molecule has 0 unspecified atom stereocenters. The number of nitrogens with one attached hydrogen (secondary N) is 2. The number of urea groups is 1. The number of hydrogen-bond acceptors (Lipinski definition) is 5. The van der Waals surface area contributed by atoms with Crippen LogP contribution in [0.2, 0.25) is 0 Å². The molecule has 25 heavy (non-hydrogen) atoms. The lowest BCUT2D eigenvalue weighted by atomic mass is 10.1. The van der Waals surface area contributed by atoms with Crippen molar-refractivity contribution in [2.45, 2.75) is 25.3 Å². The van der Waals surface area contributed by atoms with Gasteiger partial charge in [0.15, 0.2) is 11.5 Å². The van der Waals surface area contributed by atoms with Gasteiger partial charge in [-0.1, -0.05) is 6.07 Å². The lowest BCUT2D eigenvalue weighted by Crippen LogP contribution is -2.49. The molecule has 0 atom stereocenters. The molecule has 3 amide bonds. The summed E-state index contributed by atoms with van der Waals surface area (Å²) in [6, 6.07) is 5.78. The number of nitrogens with two attached hydrogens (primary N) is 1. The van der Waals surface area contributed by atoms with Gasteiger partial charge in [0.2, 0.25) is 12.7 Å². The van der Waals surface area contributed by atoms with Crippen LogP contribution in [-0.4, -0.2) is 55.9 Å². The van der Waals surface area contributed by atoms with E-state index in [4.69, 9.17) is 15.2 Å². The molecule has 1 aromatic rings. The van der Waals surface area contributed by atoms with Crippen molar-refractivity contribution in [2.24, 2.45) is 5.73 Å². The van der Waals surface area contributed by atoms with E-state index in [9.17, 15) is 9.59 Å². The number of likely N-dealkylation sites (tertiary alicyclic amines) is 1. The number of amides is 3. The van der Waals surface area contributed by atoms with Crippen LogP contribution in [0, 0.1) is 0 Å². The van der Waals surface area contributed by atoms with Crippen LogP contribution in [0.15, 0.2) is 18.2 Å². The number of rotatable bonds is 6. The fourth-order valence-electron chi connectivity index (χ4n) is 3.11. The number of ether oxygens (including phenoxy) is 2. The molecule has 2 aliphatic rings. The van der Waals surface area contributed by atoms with Gasteiger partial charge in [0, 0.05) is 25.7 Å². The Labute approximate surface area is 146 Å². The molecule has 0 radical (unpaired) electrons. The van der Waals surface area contributed by atoms with E-state index in [1.54, 1.807) is 0 Å². The molecule has 0 bridgehead atoms. The summed E-state index contributed by atoms with van der Waals surface area (Å²) in [5.41, 5.74) is 6.28. The number of piperidine rings is 1. The topological polar surface area (TPSA) is 106 Å². The molecule has 136 valence electrons. The summed E-state index contributed by atoms with van der Waals surface area (Å²) >= 11 is 0. The minimum atomic E-state index is -0.312. The fourth-order valence-corrected chi connectivity index (χ4v) is 3.11. The van der Waals surface area contributed by atoms with Crippen LogP contribution in [0.25, 0.3) is 0 Å². The minimum absolute atomic E-state index is 0.134. The molecule has 0 spiro atoms. The molecule has 0 aromatic heterocycles. The Morgan fingerprint density at radius 1 is 1.20 bits per heavy atom. The van der Waals surface area contributed by atoms with Gasteiger partial charge in [-0.05, 0) is 37.0 Å². The highest BCUT2D eigenvalue weighted by Crippen LogP contribution is 2.32. The van der Waals surface area contributed by atoms with E-state index < -0.39 is 0 Å². The number of carbonyl (C=O) groups excluding carboxylic acids is 2. The standard InChI is InChI=1S/C17H24N4O4/c18-16(22)10-21-7-4-13(5-8-21)20-17(23)19-6-3-12-1-2-14-15(9-12)25-11-24-14/h1-2,9,13H,3-8,10-11H2,(H2,18,22)(H2,19,20,23). The van der Waals surface area contributed by atoms with Crippen molar-refractivity contribution in [1.29, 1.82) is 0 Å². The van der Waals surface area contributed by atoms with Gasteiger partial charge in [-0.25, -0.2) is 4.79 Å². The predicted octanol–water partition coefficient (Wildman–Crippen LogP) is 0.207. The molecule has 2 aliphatic heterocycles. The highest BCUT2D eigenvalue weighted by molar-refractivity contribution is 5.76. The first-order valence-corrected chi connectivity index (χ1v) is 8.54. The second-order valence-corrected chi connectivity index (χ2v) is 6.35. The van der Waals surface area contributed by atoms with Gasteiger partial charge < -0.3 is 25.8 Å². The summed E-state index contributed by atoms with van der Waals surface area (Å²) in [4.78, 5) is 24.9. The first-order valence-electron chi connectivity index (χ1n) is 8.54. The molecular weight excluding hydrogens is 324 g/mol. The van der Waals surface area contributed by atoms with Crippen LogP contribution >= 0.6 is 0 Å². The zero-order valence-electron chi connectivity index (χ0n) is 14.1. The van der Waals surface area contributed by atoms with E-state index >= 15 is 0 Å². The Balaban J connectivity index is 1.34. The summed E-state index contributed by atoms with van der Waals surface area (Å²) in [7, 11) is 0. The van der Waals surface area contributed by atoms with Crippen molar-refractivity contribution in [1.82, 2.24) is 15.5 Å². The average Bonchev–Trinajstić information content (AvgIpc) is 3.04. The molecule has 1 aromatic carbocycles. The Bertz CT molecular complexity index is 629. The average molecular weight is 348 g/mol. The third-order valence-corrected chi connectivity index (χ3v) is 4.44. The maximum Gasteiger partial charge on any atom is 0.315 e. The Morgan fingerprint density at radius 3 is 2.72 bits per heavy atom. The Kier molecular flexibility index (Phi) is 5.60. The highest BCUT2D eigenvalue weighted by Gasteiger charge is 2.21. The minimum Gasteiger partial charge on any atom is -0.454 e. The molecule has 4 N–H and O–H groups in total. The largest absolute Gasteiger partial charge is 0.454 e. The molecule has 1 fully saturated rings. The third-order valence-electron chi connectivity index (χ3n) is 4.44. The first kappa shape index (κ1) is 17.3. The summed E-state index contributed by atoms with van der Waals surface area (Å²) in [5.74, 6) is 1.20. The molecule has 0 aliphatic carbocycles. The van der Waals surface area contributed by atoms with Crippen molar-refractivity contribution >= 4 is 11.9 Å². The van der Waals surface area contributed by atoms with Gasteiger partial charge in [-0.2, -0.15) is 0 Å². The molecule has 8 nitrogen and oxygen atoms in total. The van der Waals surface area contributed by atoms with Crippen LogP contribution in [0.5, 0.6) is 11.5 Å². The second-order valence-electron chi connectivity index (χ2n) is 6.35. The summed E-state index contributed by atoms with van der Waals surface area (Å²) < 4.78 is 10.6. The molecule has 2 heterocycles. The maximum atomic E-state index is 12.0. The fraction of sp³-hybridized carbons (Fsp3) is 0.529. The lowest BCUT2D eigenvalue weighted by molar-refractivity contribution is -0.119. The molecule has 1 saturated heterocycles. The van der Waals surface area contributed by atoms with Crippen LogP contribution in [-0.2, 0) is 11.2 Å². The number of hydrogen-bond donors (Lipinski definition) is 3. The number of nitrogens with zero attached hydrogens (tertiary/aromatic N) is 1. The highest BCUT2D eigenvalue weighted by atomic mass is 16.7. The Morgan fingerprint density at radius 2 is 1.96 bits per heavy atom. The van der Waals surface area contributed by atoms with E-state index in [0.29, 0.717) is 6.54 Å². The number of carbonyl (C=O) groups is 2. The lowest BCUT2D eigenvalue weighted by Gasteiger charge is -2.31. The zero-order valence-corrected chi connectivity index (χ0v) is 14.1. The van der Waals surface area contributed by atoms with E-state index in [1.807, 2.05) is 23.1 Å². The summed E-state index contributed by atoms with van der Waals surface area (Å²) in [5, 5.41) is 5.86. The van der Waals surface area contributed by atoms with Gasteiger partial charge in [0.05, 0.1) is 6.54 Å². The monoisotopic (exact) mass is 348 g/mol. The molecular formula is C17H24N4O4. The van der Waals surface area contributed by atoms with Crippen LogP contribution in [0.1, 0.15) is 18.4 Å². The quantitative estimate of drug-likeness (QED) is 0.681. The normalized spacial score (nSPS) is 17.3. The molecule has 3 rings (SSSR count). The van der Waals surface area contributed by atoms with E-state index in [2.05, 4.69) is 10.6 Å². The van der Waals surface area contributed by atoms with Crippen molar-refractivity contribution in [3.8, 4) is 11.5 Å². The third kappa shape index (κ3) is 4.99. The Hall–Kier alpha value is -2.48. The SMILES string of the molecule is NC(=O)CN1CCC(NC(=O)NCCc2ccc3c(c2)OCO3)CC1. The number of fused-ring (bicyclic) bond motifs is 1. The van der Waals surface area contributed by atoms with Crippen LogP contribution in [0.3, 0.4) is 0 Å². The second kappa shape index (κ2) is 8.06. The van der Waals surface area contributed by atoms with E-state index in [0.717, 1.165) is 49.4 Å². The zero-order chi connectivity index (χ0) is 17.6. The predicted molar refractivity (Wildman–Crippen MR) is 91.5 cm³/mol.